The van der Waals surface area contributed by atoms with Gasteiger partial charge in [-0.15, -0.1) is 0 Å². The van der Waals surface area contributed by atoms with Gasteiger partial charge in [0.1, 0.15) is 0 Å². The lowest BCUT2D eigenvalue weighted by Crippen LogP contribution is -2.49. The molecule has 1 aliphatic heterocycles. The number of hydrogen-bond acceptors (Lipinski definition) is 2. The molecule has 1 aromatic rings. The minimum absolute atomic E-state index is 0.136. The van der Waals surface area contributed by atoms with Gasteiger partial charge < -0.3 is 10.2 Å². The molecule has 1 heterocycles. The molecule has 0 spiro atoms. The van der Waals surface area contributed by atoms with Gasteiger partial charge in [0.2, 0.25) is 5.91 Å². The highest BCUT2D eigenvalue weighted by molar-refractivity contribution is 5.98. The largest absolute Gasteiger partial charge is 0.309 e. The summed E-state index contributed by atoms with van der Waals surface area (Å²) in [6.45, 7) is 4.03. The molecule has 1 amide bonds. The third-order valence-electron chi connectivity index (χ3n) is 3.56. The van der Waals surface area contributed by atoms with E-state index >= 15 is 0 Å². The summed E-state index contributed by atoms with van der Waals surface area (Å²) in [6.07, 6.45) is 2.11. The Labute approximate surface area is 103 Å². The van der Waals surface area contributed by atoms with Gasteiger partial charge in [-0.2, -0.15) is 0 Å². The van der Waals surface area contributed by atoms with Crippen molar-refractivity contribution in [2.75, 3.05) is 11.9 Å². The molecule has 0 fully saturated rings. The first-order chi connectivity index (χ1) is 8.15. The molecule has 1 aliphatic rings. The van der Waals surface area contributed by atoms with Gasteiger partial charge in [0.15, 0.2) is 0 Å². The van der Waals surface area contributed by atoms with E-state index in [0.29, 0.717) is 0 Å². The summed E-state index contributed by atoms with van der Waals surface area (Å²) in [5, 5.41) is 3.02. The maximum atomic E-state index is 12.4. The minimum Gasteiger partial charge on any atom is -0.309 e. The highest BCUT2D eigenvalue weighted by atomic mass is 16.2. The first-order valence-electron chi connectivity index (χ1n) is 6.23. The molecule has 0 bridgehead atoms. The van der Waals surface area contributed by atoms with Gasteiger partial charge in [-0.3, -0.25) is 4.79 Å². The van der Waals surface area contributed by atoms with E-state index in [-0.39, 0.29) is 18.0 Å². The third kappa shape index (κ3) is 2.20. The normalized spacial score (nSPS) is 20.9. The van der Waals surface area contributed by atoms with Gasteiger partial charge in [-0.05, 0) is 45.4 Å². The number of carbonyl (C=O) groups is 1. The Morgan fingerprint density at radius 1 is 1.47 bits per heavy atom. The lowest BCUT2D eigenvalue weighted by molar-refractivity contribution is -0.120. The average Bonchev–Trinajstić information content (AvgIpc) is 2.37. The van der Waals surface area contributed by atoms with Crippen LogP contribution in [0.15, 0.2) is 24.3 Å². The fraction of sp³-hybridized carbons (Fsp3) is 0.500. The summed E-state index contributed by atoms with van der Waals surface area (Å²) < 4.78 is 0. The van der Waals surface area contributed by atoms with E-state index in [0.717, 1.165) is 18.5 Å². The zero-order valence-electron chi connectivity index (χ0n) is 10.7. The number of hydrogen-bond donors (Lipinski definition) is 1. The van der Waals surface area contributed by atoms with Crippen LogP contribution in [-0.2, 0) is 11.2 Å². The van der Waals surface area contributed by atoms with Crippen molar-refractivity contribution in [1.82, 2.24) is 5.32 Å². The molecular weight excluding hydrogens is 212 g/mol. The van der Waals surface area contributed by atoms with Crippen molar-refractivity contribution >= 4 is 11.6 Å². The third-order valence-corrected chi connectivity index (χ3v) is 3.56. The molecule has 2 atom stereocenters. The molecule has 3 heteroatoms. The van der Waals surface area contributed by atoms with Crippen molar-refractivity contribution in [2.45, 2.75) is 38.8 Å². The number of aryl methyl sites for hydroxylation is 1. The van der Waals surface area contributed by atoms with Crippen molar-refractivity contribution < 1.29 is 4.79 Å². The smallest absolute Gasteiger partial charge is 0.244 e. The van der Waals surface area contributed by atoms with Crippen LogP contribution in [0.25, 0.3) is 0 Å². The first kappa shape index (κ1) is 12.1. The maximum absolute atomic E-state index is 12.4. The average molecular weight is 232 g/mol. The molecule has 0 aliphatic carbocycles. The Balaban J connectivity index is 2.36. The molecule has 3 nitrogen and oxygen atoms in total. The predicted molar refractivity (Wildman–Crippen MR) is 70.2 cm³/mol. The molecule has 1 N–H and O–H groups in total. The molecule has 92 valence electrons. The second-order valence-electron chi connectivity index (χ2n) is 4.74. The van der Waals surface area contributed by atoms with Gasteiger partial charge in [-0.25, -0.2) is 0 Å². The number of para-hydroxylation sites is 1. The van der Waals surface area contributed by atoms with E-state index in [4.69, 9.17) is 0 Å². The molecule has 0 saturated heterocycles. The molecule has 0 aromatic heterocycles. The second kappa shape index (κ2) is 4.88. The van der Waals surface area contributed by atoms with Crippen LogP contribution >= 0.6 is 0 Å². The van der Waals surface area contributed by atoms with Crippen molar-refractivity contribution in [1.29, 1.82) is 0 Å². The summed E-state index contributed by atoms with van der Waals surface area (Å²) in [5.74, 6) is 0.159. The topological polar surface area (TPSA) is 32.3 Å². The van der Waals surface area contributed by atoms with E-state index in [2.05, 4.69) is 18.3 Å². The van der Waals surface area contributed by atoms with Crippen LogP contribution in [0.5, 0.6) is 0 Å². The Kier molecular flexibility index (Phi) is 3.48. The zero-order valence-corrected chi connectivity index (χ0v) is 10.7. The first-order valence-corrected chi connectivity index (χ1v) is 6.23. The Bertz CT molecular complexity index is 416. The van der Waals surface area contributed by atoms with E-state index in [1.54, 1.807) is 0 Å². The van der Waals surface area contributed by atoms with Crippen molar-refractivity contribution in [3.63, 3.8) is 0 Å². The van der Waals surface area contributed by atoms with Crippen LogP contribution in [-0.4, -0.2) is 25.0 Å². The van der Waals surface area contributed by atoms with Gasteiger partial charge in [0.25, 0.3) is 0 Å². The summed E-state index contributed by atoms with van der Waals surface area (Å²) in [5.41, 5.74) is 2.36. The van der Waals surface area contributed by atoms with Crippen LogP contribution in [0.4, 0.5) is 5.69 Å². The zero-order chi connectivity index (χ0) is 12.4. The van der Waals surface area contributed by atoms with Gasteiger partial charge in [0.05, 0.1) is 6.04 Å². The van der Waals surface area contributed by atoms with E-state index in [9.17, 15) is 4.79 Å². The number of rotatable bonds is 2. The lowest BCUT2D eigenvalue weighted by atomic mass is 9.96. The quantitative estimate of drug-likeness (QED) is 0.845. The highest BCUT2D eigenvalue weighted by Gasteiger charge is 2.29. The molecule has 2 rings (SSSR count). The van der Waals surface area contributed by atoms with Crippen molar-refractivity contribution in [3.8, 4) is 0 Å². The number of anilines is 1. The number of nitrogens with zero attached hydrogens (tertiary/aromatic N) is 1. The Morgan fingerprint density at radius 2 is 2.18 bits per heavy atom. The van der Waals surface area contributed by atoms with Crippen molar-refractivity contribution in [2.24, 2.45) is 0 Å². The number of fused-ring (bicyclic) bond motifs is 1. The molecule has 1 aromatic carbocycles. The minimum atomic E-state index is -0.136. The van der Waals surface area contributed by atoms with Crippen LogP contribution in [0, 0.1) is 0 Å². The fourth-order valence-corrected chi connectivity index (χ4v) is 2.36. The fourth-order valence-electron chi connectivity index (χ4n) is 2.36. The van der Waals surface area contributed by atoms with E-state index in [1.165, 1.54) is 5.56 Å². The number of benzene rings is 1. The molecule has 17 heavy (non-hydrogen) atoms. The summed E-state index contributed by atoms with van der Waals surface area (Å²) in [4.78, 5) is 14.3. The lowest BCUT2D eigenvalue weighted by Gasteiger charge is -2.36. The van der Waals surface area contributed by atoms with E-state index in [1.807, 2.05) is 37.1 Å². The van der Waals surface area contributed by atoms with Gasteiger partial charge in [0, 0.05) is 11.7 Å². The maximum Gasteiger partial charge on any atom is 0.244 e. The monoisotopic (exact) mass is 232 g/mol. The Hall–Kier alpha value is -1.35. The number of likely N-dealkylation sites (N-methyl/N-ethyl adjacent to an activating group) is 1. The summed E-state index contributed by atoms with van der Waals surface area (Å²) in [6, 6.07) is 8.36. The molecule has 2 unspecified atom stereocenters. The molecule has 0 radical (unpaired) electrons. The van der Waals surface area contributed by atoms with E-state index < -0.39 is 0 Å². The van der Waals surface area contributed by atoms with Gasteiger partial charge >= 0.3 is 0 Å². The van der Waals surface area contributed by atoms with Crippen LogP contribution in [0.1, 0.15) is 25.8 Å². The van der Waals surface area contributed by atoms with Gasteiger partial charge in [-0.1, -0.05) is 18.2 Å². The Morgan fingerprint density at radius 3 is 2.88 bits per heavy atom. The number of nitrogens with one attached hydrogen (secondary N) is 1. The molecular formula is C14H20N2O. The van der Waals surface area contributed by atoms with Crippen LogP contribution < -0.4 is 10.2 Å². The van der Waals surface area contributed by atoms with Crippen LogP contribution in [0.2, 0.25) is 0 Å². The standard InChI is InChI=1S/C14H20N2O/c1-10-8-9-12-6-4-5-7-13(12)16(10)14(17)11(2)15-3/h4-7,10-11,15H,8-9H2,1-3H3. The highest BCUT2D eigenvalue weighted by Crippen LogP contribution is 2.30. The number of carbonyl (C=O) groups excluding carboxylic acids is 1. The number of amides is 1. The van der Waals surface area contributed by atoms with Crippen LogP contribution in [0.3, 0.4) is 0 Å². The predicted octanol–water partition coefficient (Wildman–Crippen LogP) is 1.96. The second-order valence-corrected chi connectivity index (χ2v) is 4.74. The SMILES string of the molecule is CNC(C)C(=O)N1c2ccccc2CCC1C. The summed E-state index contributed by atoms with van der Waals surface area (Å²) in [7, 11) is 1.82. The van der Waals surface area contributed by atoms with Crippen molar-refractivity contribution in [3.05, 3.63) is 29.8 Å². The summed E-state index contributed by atoms with van der Waals surface area (Å²) >= 11 is 0. The molecule has 0 saturated carbocycles.